The fourth-order valence-corrected chi connectivity index (χ4v) is 5.76. The predicted molar refractivity (Wildman–Crippen MR) is 96.2 cm³/mol. The highest BCUT2D eigenvalue weighted by atomic mass is 28.4. The van der Waals surface area contributed by atoms with Crippen LogP contribution in [0.3, 0.4) is 0 Å². The third kappa shape index (κ3) is 10.8. The summed E-state index contributed by atoms with van der Waals surface area (Å²) < 4.78 is 21.3. The van der Waals surface area contributed by atoms with E-state index in [4.69, 9.17) is 34.9 Å². The van der Waals surface area contributed by atoms with Crippen LogP contribution in [0, 0.1) is 0 Å². The van der Waals surface area contributed by atoms with Crippen LogP contribution < -0.4 is 17.2 Å². The summed E-state index contributed by atoms with van der Waals surface area (Å²) in [6, 6.07) is 2.77. The van der Waals surface area contributed by atoms with Gasteiger partial charge < -0.3 is 34.9 Å². The molecule has 0 aliphatic rings. The van der Waals surface area contributed by atoms with Crippen molar-refractivity contribution in [2.45, 2.75) is 37.5 Å². The summed E-state index contributed by atoms with van der Waals surface area (Å²) in [6.45, 7) is 4.07. The lowest BCUT2D eigenvalue weighted by Gasteiger charge is -2.26. The van der Waals surface area contributed by atoms with Crippen molar-refractivity contribution in [3.8, 4) is 0 Å². The minimum Gasteiger partial charge on any atom is -0.398 e. The van der Waals surface area contributed by atoms with E-state index >= 15 is 0 Å². The van der Waals surface area contributed by atoms with Crippen LogP contribution in [0.4, 0.5) is 0 Å². The molecule has 0 amide bonds. The van der Waals surface area contributed by atoms with Gasteiger partial charge in [-0.1, -0.05) is 0 Å². The van der Waals surface area contributed by atoms with Gasteiger partial charge >= 0.3 is 17.1 Å². The average molecular weight is 356 g/mol. The van der Waals surface area contributed by atoms with Crippen molar-refractivity contribution in [1.29, 1.82) is 0 Å². The van der Waals surface area contributed by atoms with E-state index in [9.17, 15) is 0 Å². The molecule has 0 saturated heterocycles. The molecule has 6 N–H and O–H groups in total. The van der Waals surface area contributed by atoms with Crippen LogP contribution in [0.15, 0.2) is 0 Å². The lowest BCUT2D eigenvalue weighted by Crippen LogP contribution is -2.42. The fourth-order valence-electron chi connectivity index (χ4n) is 1.92. The first-order chi connectivity index (χ1) is 10.4. The molecule has 0 aliphatic heterocycles. The minimum atomic E-state index is -1.97. The summed E-state index contributed by atoms with van der Waals surface area (Å²) in [5.74, 6) is 0. The molecule has 0 unspecified atom stereocenters. The standard InChI is InChI=1S/C7H20N2O2Si.C6H17NO2Si/c1-10-12(11-2,7-5-9)6-3-4-8;1-8-10(3,9-2)6-4-5-7/h3-9H2,1-2H3;4-7H2,1-3H3. The Balaban J connectivity index is 0. The number of hydrogen-bond acceptors (Lipinski definition) is 7. The van der Waals surface area contributed by atoms with E-state index in [0.717, 1.165) is 37.5 Å². The highest BCUT2D eigenvalue weighted by molar-refractivity contribution is 6.67. The Labute approximate surface area is 138 Å². The molecule has 7 nitrogen and oxygen atoms in total. The van der Waals surface area contributed by atoms with Gasteiger partial charge in [-0.2, -0.15) is 0 Å². The average Bonchev–Trinajstić information content (AvgIpc) is 2.57. The van der Waals surface area contributed by atoms with Crippen LogP contribution in [-0.2, 0) is 17.7 Å². The van der Waals surface area contributed by atoms with Crippen LogP contribution in [-0.4, -0.2) is 65.2 Å². The summed E-state index contributed by atoms with van der Waals surface area (Å²) in [5.41, 5.74) is 16.3. The second-order valence-electron chi connectivity index (χ2n) is 5.18. The minimum absolute atomic E-state index is 0.623. The molecule has 0 saturated carbocycles. The van der Waals surface area contributed by atoms with Gasteiger partial charge in [-0.25, -0.2) is 0 Å². The molecule has 0 aromatic rings. The summed E-state index contributed by atoms with van der Waals surface area (Å²) >= 11 is 0. The molecular formula is C13H37N3O4Si2. The summed E-state index contributed by atoms with van der Waals surface area (Å²) in [5, 5.41) is 0. The highest BCUT2D eigenvalue weighted by Gasteiger charge is 2.33. The number of hydrogen-bond donors (Lipinski definition) is 3. The van der Waals surface area contributed by atoms with Crippen molar-refractivity contribution in [2.24, 2.45) is 17.2 Å². The maximum atomic E-state index is 5.48. The monoisotopic (exact) mass is 355 g/mol. The first-order valence-corrected chi connectivity index (χ1v) is 12.5. The Hall–Kier alpha value is 0.154. The van der Waals surface area contributed by atoms with Gasteiger partial charge in [0.25, 0.3) is 0 Å². The van der Waals surface area contributed by atoms with Crippen LogP contribution in [0.5, 0.6) is 0 Å². The molecule has 0 radical (unpaired) electrons. The molecule has 136 valence electrons. The SMILES string of the molecule is CO[Si](C)(CCCN)OC.CO[Si](CCN)(CCCN)OC. The van der Waals surface area contributed by atoms with Crippen LogP contribution in [0.25, 0.3) is 0 Å². The fraction of sp³-hybridized carbons (Fsp3) is 1.00. The normalized spacial score (nSPS) is 12.0. The van der Waals surface area contributed by atoms with Gasteiger partial charge in [0, 0.05) is 34.5 Å². The zero-order chi connectivity index (χ0) is 17.5. The van der Waals surface area contributed by atoms with Crippen molar-refractivity contribution >= 4 is 17.1 Å². The largest absolute Gasteiger partial charge is 0.398 e. The summed E-state index contributed by atoms with van der Waals surface area (Å²) in [6.07, 6.45) is 1.94. The molecule has 9 heteroatoms. The smallest absolute Gasteiger partial charge is 0.338 e. The molecule has 0 aromatic heterocycles. The van der Waals surface area contributed by atoms with E-state index in [1.165, 1.54) is 0 Å². The first-order valence-electron chi connectivity index (χ1n) is 7.73. The van der Waals surface area contributed by atoms with Crippen LogP contribution in [0.2, 0.25) is 24.7 Å². The van der Waals surface area contributed by atoms with Crippen molar-refractivity contribution in [2.75, 3.05) is 48.1 Å². The Kier molecular flexibility index (Phi) is 16.3. The molecule has 22 heavy (non-hydrogen) atoms. The van der Waals surface area contributed by atoms with Gasteiger partial charge in [0.05, 0.1) is 0 Å². The molecular weight excluding hydrogens is 318 g/mol. The lowest BCUT2D eigenvalue weighted by molar-refractivity contribution is 0.241. The summed E-state index contributed by atoms with van der Waals surface area (Å²) in [7, 11) is 3.03. The second-order valence-corrected chi connectivity index (χ2v) is 12.4. The van der Waals surface area contributed by atoms with Gasteiger partial charge in [-0.05, 0) is 51.1 Å². The summed E-state index contributed by atoms with van der Waals surface area (Å²) in [4.78, 5) is 0. The third-order valence-corrected chi connectivity index (χ3v) is 10.4. The highest BCUT2D eigenvalue weighted by Crippen LogP contribution is 2.18. The van der Waals surface area contributed by atoms with E-state index in [2.05, 4.69) is 0 Å². The topological polar surface area (TPSA) is 115 Å². The Morgan fingerprint density at radius 1 is 0.636 bits per heavy atom. The van der Waals surface area contributed by atoms with Crippen molar-refractivity contribution in [3.05, 3.63) is 0 Å². The quantitative estimate of drug-likeness (QED) is 0.442. The molecule has 0 bridgehead atoms. The Morgan fingerprint density at radius 2 is 1.09 bits per heavy atom. The number of rotatable bonds is 12. The van der Waals surface area contributed by atoms with Crippen molar-refractivity contribution in [1.82, 2.24) is 0 Å². The maximum absolute atomic E-state index is 5.48. The van der Waals surface area contributed by atoms with Gasteiger partial charge in [0.1, 0.15) is 0 Å². The van der Waals surface area contributed by atoms with E-state index in [-0.39, 0.29) is 0 Å². The Morgan fingerprint density at radius 3 is 1.41 bits per heavy atom. The van der Waals surface area contributed by atoms with Crippen LogP contribution >= 0.6 is 0 Å². The molecule has 0 atom stereocenters. The van der Waals surface area contributed by atoms with E-state index in [0.29, 0.717) is 13.1 Å². The van der Waals surface area contributed by atoms with Crippen LogP contribution in [0.1, 0.15) is 12.8 Å². The molecule has 0 aliphatic carbocycles. The predicted octanol–water partition coefficient (Wildman–Crippen LogP) is 0.729. The number of nitrogens with two attached hydrogens (primary N) is 3. The van der Waals surface area contributed by atoms with Crippen molar-refractivity contribution in [3.63, 3.8) is 0 Å². The molecule has 0 aromatic carbocycles. The van der Waals surface area contributed by atoms with Crippen molar-refractivity contribution < 1.29 is 17.7 Å². The van der Waals surface area contributed by atoms with E-state index in [1.807, 2.05) is 6.55 Å². The second kappa shape index (κ2) is 14.7. The first kappa shape index (κ1) is 24.4. The van der Waals surface area contributed by atoms with Gasteiger partial charge in [0.15, 0.2) is 0 Å². The molecule has 0 fully saturated rings. The maximum Gasteiger partial charge on any atom is 0.338 e. The molecule has 0 rings (SSSR count). The van der Waals surface area contributed by atoms with Gasteiger partial charge in [-0.3, -0.25) is 0 Å². The Bertz CT molecular complexity index is 243. The van der Waals surface area contributed by atoms with Gasteiger partial charge in [0.2, 0.25) is 0 Å². The zero-order valence-corrected chi connectivity index (χ0v) is 17.0. The molecule has 0 spiro atoms. The lowest BCUT2D eigenvalue weighted by atomic mass is 10.5. The van der Waals surface area contributed by atoms with E-state index < -0.39 is 17.1 Å². The van der Waals surface area contributed by atoms with Gasteiger partial charge in [-0.15, -0.1) is 0 Å². The third-order valence-electron chi connectivity index (χ3n) is 3.73. The zero-order valence-electron chi connectivity index (χ0n) is 15.0. The molecule has 0 heterocycles. The van der Waals surface area contributed by atoms with E-state index in [1.54, 1.807) is 28.4 Å².